The number of benzene rings is 8. The van der Waals surface area contributed by atoms with Gasteiger partial charge in [-0.15, -0.1) is 0 Å². The van der Waals surface area contributed by atoms with E-state index in [1.807, 2.05) is 0 Å². The molecule has 0 atom stereocenters. The Morgan fingerprint density at radius 3 is 1.34 bits per heavy atom. The molecule has 236 valence electrons. The molecule has 9 aromatic rings. The number of hydrogen-bond acceptors (Lipinski definition) is 1. The summed E-state index contributed by atoms with van der Waals surface area (Å²) in [6.45, 7) is 0. The van der Waals surface area contributed by atoms with E-state index in [-0.39, 0.29) is 0 Å². The average Bonchev–Trinajstić information content (AvgIpc) is 3.54. The number of anilines is 3. The third-order valence-corrected chi connectivity index (χ3v) is 9.61. The van der Waals surface area contributed by atoms with Crippen molar-refractivity contribution >= 4 is 38.9 Å². The van der Waals surface area contributed by atoms with Gasteiger partial charge < -0.3 is 9.47 Å². The van der Waals surface area contributed by atoms with Crippen molar-refractivity contribution < 1.29 is 0 Å². The van der Waals surface area contributed by atoms with Gasteiger partial charge in [0.25, 0.3) is 0 Å². The van der Waals surface area contributed by atoms with Crippen molar-refractivity contribution in [2.24, 2.45) is 0 Å². The molecule has 0 N–H and O–H groups in total. The van der Waals surface area contributed by atoms with Crippen LogP contribution >= 0.6 is 0 Å². The van der Waals surface area contributed by atoms with Crippen molar-refractivity contribution in [2.75, 3.05) is 4.90 Å². The number of rotatable bonds is 7. The number of para-hydroxylation sites is 3. The van der Waals surface area contributed by atoms with Crippen LogP contribution in [0.25, 0.3) is 60.9 Å². The summed E-state index contributed by atoms with van der Waals surface area (Å²) in [5.41, 5.74) is 14.2. The summed E-state index contributed by atoms with van der Waals surface area (Å²) in [6, 6.07) is 73.9. The van der Waals surface area contributed by atoms with Crippen LogP contribution in [0.5, 0.6) is 0 Å². The van der Waals surface area contributed by atoms with Gasteiger partial charge in [-0.05, 0) is 94.0 Å². The van der Waals surface area contributed by atoms with Gasteiger partial charge in [0.1, 0.15) is 0 Å². The van der Waals surface area contributed by atoms with Crippen molar-refractivity contribution in [3.63, 3.8) is 0 Å². The summed E-state index contributed by atoms with van der Waals surface area (Å²) >= 11 is 0. The average molecular weight is 639 g/mol. The number of hydrogen-bond donors (Lipinski definition) is 0. The molecule has 0 radical (unpaired) electrons. The maximum atomic E-state index is 2.38. The second kappa shape index (κ2) is 12.8. The first kappa shape index (κ1) is 29.5. The van der Waals surface area contributed by atoms with E-state index in [2.05, 4.69) is 216 Å². The van der Waals surface area contributed by atoms with E-state index >= 15 is 0 Å². The summed E-state index contributed by atoms with van der Waals surface area (Å²) in [5.74, 6) is 0. The minimum atomic E-state index is 1.11. The Morgan fingerprint density at radius 1 is 0.300 bits per heavy atom. The van der Waals surface area contributed by atoms with E-state index in [4.69, 9.17) is 0 Å². The molecule has 2 heteroatoms. The Labute approximate surface area is 292 Å². The SMILES string of the molecule is c1ccc(-c2ccccc2-c2ccc(N(c3ccccc3)c3ccc(-c4cccc(-n5c6ccccc6c6ccccc65)c4)cc3)cc2)cc1. The van der Waals surface area contributed by atoms with E-state index in [0.717, 1.165) is 22.7 Å². The normalized spacial score (nSPS) is 11.2. The summed E-state index contributed by atoms with van der Waals surface area (Å²) in [4.78, 5) is 2.32. The molecule has 0 fully saturated rings. The van der Waals surface area contributed by atoms with Crippen molar-refractivity contribution in [2.45, 2.75) is 0 Å². The molecule has 0 unspecified atom stereocenters. The molecule has 0 spiro atoms. The zero-order valence-electron chi connectivity index (χ0n) is 27.5. The van der Waals surface area contributed by atoms with Gasteiger partial charge in [0, 0.05) is 33.5 Å². The molecule has 8 aromatic carbocycles. The first-order valence-corrected chi connectivity index (χ1v) is 17.1. The maximum absolute atomic E-state index is 2.38. The monoisotopic (exact) mass is 638 g/mol. The van der Waals surface area contributed by atoms with Crippen LogP contribution in [0, 0.1) is 0 Å². The Balaban J connectivity index is 1.07. The Morgan fingerprint density at radius 2 is 0.740 bits per heavy atom. The lowest BCUT2D eigenvalue weighted by atomic mass is 9.94. The van der Waals surface area contributed by atoms with Gasteiger partial charge in [-0.3, -0.25) is 0 Å². The van der Waals surface area contributed by atoms with Crippen LogP contribution in [0.15, 0.2) is 206 Å². The predicted molar refractivity (Wildman–Crippen MR) is 212 cm³/mol. The fraction of sp³-hybridized carbons (Fsp3) is 0. The molecule has 50 heavy (non-hydrogen) atoms. The first-order valence-electron chi connectivity index (χ1n) is 17.1. The molecule has 0 aliphatic rings. The van der Waals surface area contributed by atoms with Crippen LogP contribution in [0.4, 0.5) is 17.1 Å². The lowest BCUT2D eigenvalue weighted by Crippen LogP contribution is -2.09. The lowest BCUT2D eigenvalue weighted by molar-refractivity contribution is 1.18. The Bertz CT molecular complexity index is 2510. The second-order valence-corrected chi connectivity index (χ2v) is 12.6. The quantitative estimate of drug-likeness (QED) is 0.169. The zero-order valence-corrected chi connectivity index (χ0v) is 27.5. The van der Waals surface area contributed by atoms with E-state index in [1.165, 1.54) is 55.2 Å². The molecule has 0 saturated heterocycles. The van der Waals surface area contributed by atoms with Gasteiger partial charge in [0.2, 0.25) is 0 Å². The van der Waals surface area contributed by atoms with Crippen molar-refractivity contribution in [3.8, 4) is 39.1 Å². The molecule has 0 aliphatic heterocycles. The highest BCUT2D eigenvalue weighted by Crippen LogP contribution is 2.39. The van der Waals surface area contributed by atoms with E-state index < -0.39 is 0 Å². The largest absolute Gasteiger partial charge is 0.311 e. The highest BCUT2D eigenvalue weighted by atomic mass is 15.1. The topological polar surface area (TPSA) is 8.17 Å². The van der Waals surface area contributed by atoms with Gasteiger partial charge in [0.05, 0.1) is 11.0 Å². The van der Waals surface area contributed by atoms with Gasteiger partial charge in [-0.1, -0.05) is 146 Å². The number of fused-ring (bicyclic) bond motifs is 3. The Kier molecular flexibility index (Phi) is 7.53. The Hall–Kier alpha value is -6.64. The summed E-state index contributed by atoms with van der Waals surface area (Å²) in [5, 5.41) is 2.54. The molecular weight excluding hydrogens is 605 g/mol. The first-order chi connectivity index (χ1) is 24.8. The van der Waals surface area contributed by atoms with E-state index in [0.29, 0.717) is 0 Å². The maximum Gasteiger partial charge on any atom is 0.0541 e. The number of nitrogens with zero attached hydrogens (tertiary/aromatic N) is 2. The van der Waals surface area contributed by atoms with Crippen molar-refractivity contribution in [1.29, 1.82) is 0 Å². The minimum absolute atomic E-state index is 1.11. The third-order valence-electron chi connectivity index (χ3n) is 9.61. The molecule has 0 saturated carbocycles. The fourth-order valence-electron chi connectivity index (χ4n) is 7.25. The summed E-state index contributed by atoms with van der Waals surface area (Å²) in [6.07, 6.45) is 0. The van der Waals surface area contributed by atoms with Crippen LogP contribution < -0.4 is 4.90 Å². The van der Waals surface area contributed by atoms with Gasteiger partial charge in [-0.25, -0.2) is 0 Å². The zero-order chi connectivity index (χ0) is 33.3. The van der Waals surface area contributed by atoms with Crippen molar-refractivity contribution in [1.82, 2.24) is 4.57 Å². The smallest absolute Gasteiger partial charge is 0.0541 e. The summed E-state index contributed by atoms with van der Waals surface area (Å²) < 4.78 is 2.38. The second-order valence-electron chi connectivity index (χ2n) is 12.6. The minimum Gasteiger partial charge on any atom is -0.311 e. The van der Waals surface area contributed by atoms with E-state index in [9.17, 15) is 0 Å². The van der Waals surface area contributed by atoms with Crippen LogP contribution in [-0.4, -0.2) is 4.57 Å². The standard InChI is InChI=1S/C48H34N2/c1-3-14-36(15-4-1)43-20-7-8-21-44(43)37-28-32-41(33-29-37)49(39-17-5-2-6-18-39)40-30-26-35(27-31-40)38-16-13-19-42(34-38)50-47-24-11-9-22-45(47)46-23-10-12-25-48(46)50/h1-34H. The molecule has 0 aliphatic carbocycles. The molecule has 0 amide bonds. The van der Waals surface area contributed by atoms with Crippen LogP contribution in [0.2, 0.25) is 0 Å². The van der Waals surface area contributed by atoms with Gasteiger partial charge >= 0.3 is 0 Å². The lowest BCUT2D eigenvalue weighted by Gasteiger charge is -2.26. The highest BCUT2D eigenvalue weighted by Gasteiger charge is 2.15. The van der Waals surface area contributed by atoms with Crippen LogP contribution in [-0.2, 0) is 0 Å². The van der Waals surface area contributed by atoms with E-state index in [1.54, 1.807) is 0 Å². The third kappa shape index (κ3) is 5.34. The molecule has 1 heterocycles. The molecule has 1 aromatic heterocycles. The van der Waals surface area contributed by atoms with Gasteiger partial charge in [-0.2, -0.15) is 0 Å². The predicted octanol–water partition coefficient (Wildman–Crippen LogP) is 13.3. The van der Waals surface area contributed by atoms with Crippen LogP contribution in [0.1, 0.15) is 0 Å². The van der Waals surface area contributed by atoms with Crippen LogP contribution in [0.3, 0.4) is 0 Å². The fourth-order valence-corrected chi connectivity index (χ4v) is 7.25. The number of aromatic nitrogens is 1. The molecular formula is C48H34N2. The molecule has 2 nitrogen and oxygen atoms in total. The van der Waals surface area contributed by atoms with Crippen molar-refractivity contribution in [3.05, 3.63) is 206 Å². The summed E-state index contributed by atoms with van der Waals surface area (Å²) in [7, 11) is 0. The highest BCUT2D eigenvalue weighted by molar-refractivity contribution is 6.09. The molecule has 9 rings (SSSR count). The molecule has 0 bridgehead atoms. The van der Waals surface area contributed by atoms with Gasteiger partial charge in [0.15, 0.2) is 0 Å².